The molecule has 76 valence electrons. The Bertz CT molecular complexity index is 75.2. The van der Waals surface area contributed by atoms with Gasteiger partial charge in [0.1, 0.15) is 0 Å². The van der Waals surface area contributed by atoms with E-state index in [1.54, 1.807) is 14.2 Å². The Hall–Kier alpha value is 1.33. The molecule has 0 atom stereocenters. The van der Waals surface area contributed by atoms with Crippen LogP contribution in [-0.2, 0) is 17.1 Å². The standard InChI is InChI=1S/2C3H7O2.Al.Na.H2O.2H/c2*1-5-3-2-4;;;;;/h2*2-3H2,1H3;;;1H2;;/q2*-1;+2;+1;;;-1. The zero-order valence-electron chi connectivity index (χ0n) is 9.67. The number of methoxy groups -OCH3 is 2. The molecule has 0 saturated carbocycles. The van der Waals surface area contributed by atoms with Crippen molar-refractivity contribution in [1.82, 2.24) is 0 Å². The van der Waals surface area contributed by atoms with Crippen molar-refractivity contribution in [2.75, 3.05) is 40.6 Å². The maximum Gasteiger partial charge on any atom is 1.00 e. The van der Waals surface area contributed by atoms with Gasteiger partial charge in [-0.2, -0.15) is 0 Å². The van der Waals surface area contributed by atoms with E-state index in [1.807, 2.05) is 0 Å². The first-order valence-electron chi connectivity index (χ1n) is 3.55. The van der Waals surface area contributed by atoms with Crippen LogP contribution in [0, 0.1) is 0 Å². The molecule has 0 unspecified atom stereocenters. The summed E-state index contributed by atoms with van der Waals surface area (Å²) in [6.07, 6.45) is 0. The maximum absolute atomic E-state index is 5.16. The summed E-state index contributed by atoms with van der Waals surface area (Å²) < 4.78 is 19.9. The van der Waals surface area contributed by atoms with Crippen LogP contribution in [0.15, 0.2) is 0 Å². The third-order valence-corrected chi connectivity index (χ3v) is 1.94. The molecule has 0 radical (unpaired) electrons. The van der Waals surface area contributed by atoms with E-state index in [2.05, 4.69) is 0 Å². The second kappa shape index (κ2) is 19.0. The van der Waals surface area contributed by atoms with Gasteiger partial charge in [0, 0.05) is 27.4 Å². The molecule has 7 heteroatoms. The Kier molecular flexibility index (Phi) is 29.0. The van der Waals surface area contributed by atoms with Crippen LogP contribution in [0.1, 0.15) is 1.43 Å². The monoisotopic (exact) mass is 220 g/mol. The quantitative estimate of drug-likeness (QED) is 0.308. The fourth-order valence-electron chi connectivity index (χ4n) is 0.461. The first-order chi connectivity index (χ1) is 5.41. The van der Waals surface area contributed by atoms with E-state index in [0.29, 0.717) is 26.4 Å². The average Bonchev–Trinajstić information content (AvgIpc) is 2.03. The van der Waals surface area contributed by atoms with E-state index < -0.39 is 15.9 Å². The Balaban J connectivity index is -0.000000167. The fraction of sp³-hybridized carbons (Fsp3) is 1.00. The SMILES string of the molecule is COCC[O][AlH][O]CCOC.O.[H-].[Na+]. The summed E-state index contributed by atoms with van der Waals surface area (Å²) >= 11 is -0.789. The van der Waals surface area contributed by atoms with Crippen LogP contribution < -0.4 is 29.6 Å². The molecule has 0 aliphatic rings. The molecule has 0 fully saturated rings. The molecule has 0 heterocycles. The summed E-state index contributed by atoms with van der Waals surface area (Å²) in [4.78, 5) is 0. The molecule has 5 nitrogen and oxygen atoms in total. The van der Waals surface area contributed by atoms with E-state index in [4.69, 9.17) is 17.1 Å². The van der Waals surface area contributed by atoms with Crippen LogP contribution in [-0.4, -0.2) is 62.0 Å². The van der Waals surface area contributed by atoms with Crippen LogP contribution in [0.2, 0.25) is 0 Å². The predicted molar refractivity (Wildman–Crippen MR) is 47.5 cm³/mol. The van der Waals surface area contributed by atoms with Gasteiger partial charge in [0.15, 0.2) is 0 Å². The predicted octanol–water partition coefficient (Wildman–Crippen LogP) is -4.13. The number of rotatable bonds is 8. The van der Waals surface area contributed by atoms with Gasteiger partial charge < -0.3 is 24.0 Å². The average molecular weight is 220 g/mol. The van der Waals surface area contributed by atoms with Crippen molar-refractivity contribution < 1.29 is 53.5 Å². The van der Waals surface area contributed by atoms with Crippen LogP contribution in [0.3, 0.4) is 0 Å². The van der Waals surface area contributed by atoms with Crippen LogP contribution in [0.4, 0.5) is 0 Å². The summed E-state index contributed by atoms with van der Waals surface area (Å²) in [5.74, 6) is 0. The summed E-state index contributed by atoms with van der Waals surface area (Å²) in [5, 5.41) is 0. The second-order valence-electron chi connectivity index (χ2n) is 1.92. The second-order valence-corrected chi connectivity index (χ2v) is 2.97. The molecule has 0 saturated heterocycles. The molecule has 2 N–H and O–H groups in total. The summed E-state index contributed by atoms with van der Waals surface area (Å²) in [6, 6.07) is 0. The van der Waals surface area contributed by atoms with E-state index in [1.165, 1.54) is 0 Å². The van der Waals surface area contributed by atoms with Crippen molar-refractivity contribution in [2.45, 2.75) is 0 Å². The molecule has 0 bridgehead atoms. The Morgan fingerprint density at radius 1 is 0.923 bits per heavy atom. The van der Waals surface area contributed by atoms with Gasteiger partial charge in [-0.05, 0) is 0 Å². The Labute approximate surface area is 110 Å². The third kappa shape index (κ3) is 19.7. The van der Waals surface area contributed by atoms with E-state index >= 15 is 0 Å². The summed E-state index contributed by atoms with van der Waals surface area (Å²) in [5.41, 5.74) is 0. The molecule has 0 aromatic heterocycles. The van der Waals surface area contributed by atoms with Crippen LogP contribution in [0.5, 0.6) is 0 Å². The minimum Gasteiger partial charge on any atom is -1.00 e. The normalized spacial score (nSPS) is 8.46. The van der Waals surface area contributed by atoms with Gasteiger partial charge in [0.2, 0.25) is 0 Å². The van der Waals surface area contributed by atoms with Gasteiger partial charge in [0.05, 0.1) is 13.2 Å². The van der Waals surface area contributed by atoms with Crippen LogP contribution >= 0.6 is 0 Å². The first-order valence-corrected chi connectivity index (χ1v) is 4.70. The smallest absolute Gasteiger partial charge is 1.00 e. The third-order valence-electron chi connectivity index (χ3n) is 1.03. The number of ether oxygens (including phenoxy) is 2. The molecular weight excluding hydrogens is 202 g/mol. The van der Waals surface area contributed by atoms with Crippen molar-refractivity contribution in [2.24, 2.45) is 0 Å². The summed E-state index contributed by atoms with van der Waals surface area (Å²) in [7, 11) is 3.30. The number of hydrogen-bond acceptors (Lipinski definition) is 4. The first kappa shape index (κ1) is 19.8. The van der Waals surface area contributed by atoms with Crippen LogP contribution in [0.25, 0.3) is 0 Å². The summed E-state index contributed by atoms with van der Waals surface area (Å²) in [6.45, 7) is 2.55. The molecule has 13 heavy (non-hydrogen) atoms. The molecule has 0 spiro atoms. The minimum atomic E-state index is -0.789. The van der Waals surface area contributed by atoms with Crippen molar-refractivity contribution in [3.63, 3.8) is 0 Å². The molecule has 0 aromatic rings. The van der Waals surface area contributed by atoms with Gasteiger partial charge >= 0.3 is 45.4 Å². The van der Waals surface area contributed by atoms with E-state index in [0.717, 1.165) is 0 Å². The van der Waals surface area contributed by atoms with E-state index in [9.17, 15) is 0 Å². The molecule has 0 amide bonds. The zero-order chi connectivity index (χ0) is 8.36. The van der Waals surface area contributed by atoms with Crippen molar-refractivity contribution in [3.8, 4) is 0 Å². The largest absolute Gasteiger partial charge is 1.00 e. The topological polar surface area (TPSA) is 68.4 Å². The molecule has 0 aliphatic carbocycles. The zero-order valence-corrected chi connectivity index (χ0v) is 12.1. The van der Waals surface area contributed by atoms with Gasteiger partial charge in [0.25, 0.3) is 0 Å². The van der Waals surface area contributed by atoms with Gasteiger partial charge in [-0.15, -0.1) is 0 Å². The molecule has 0 aromatic carbocycles. The van der Waals surface area contributed by atoms with Gasteiger partial charge in [-0.25, -0.2) is 0 Å². The van der Waals surface area contributed by atoms with Crippen molar-refractivity contribution in [1.29, 1.82) is 0 Å². The molecule has 0 aliphatic heterocycles. The molecule has 0 rings (SSSR count). The van der Waals surface area contributed by atoms with Gasteiger partial charge in [-0.1, -0.05) is 0 Å². The fourth-order valence-corrected chi connectivity index (χ4v) is 1.05. The Morgan fingerprint density at radius 2 is 1.31 bits per heavy atom. The van der Waals surface area contributed by atoms with E-state index in [-0.39, 0.29) is 36.5 Å². The van der Waals surface area contributed by atoms with Crippen molar-refractivity contribution in [3.05, 3.63) is 0 Å². The van der Waals surface area contributed by atoms with Gasteiger partial charge in [-0.3, -0.25) is 0 Å². The molecular formula is C6H18AlNaO5. The Morgan fingerprint density at radius 3 is 1.62 bits per heavy atom. The number of hydrogen-bond donors (Lipinski definition) is 0. The minimum absolute atomic E-state index is 0. The van der Waals surface area contributed by atoms with Crippen molar-refractivity contribution >= 4 is 15.9 Å². The maximum atomic E-state index is 5.16.